The topological polar surface area (TPSA) is 58.9 Å². The molecule has 23 heavy (non-hydrogen) atoms. The maximum atomic E-state index is 12.6. The summed E-state index contributed by atoms with van der Waals surface area (Å²) in [5, 5.41) is 10.7. The molecular weight excluding hydrogens is 290 g/mol. The first-order chi connectivity index (χ1) is 10.9. The Morgan fingerprint density at radius 3 is 2.57 bits per heavy atom. The summed E-state index contributed by atoms with van der Waals surface area (Å²) in [6, 6.07) is -0.692. The summed E-state index contributed by atoms with van der Waals surface area (Å²) in [7, 11) is 0. The standard InChI is InChI=1S/C19H29NO3/c1-18(2)12-9-10-19(18,3)16-13(12)20-14(17(22)23-16)15(21)11-7-5-4-6-8-11/h11-12,14-16,21H,4-10H2,1-3H3/t12-,14-,15-,16-,19+/m1/s1. The molecule has 4 rings (SSSR count). The molecule has 0 radical (unpaired) electrons. The van der Waals surface area contributed by atoms with E-state index in [4.69, 9.17) is 9.73 Å². The van der Waals surface area contributed by atoms with Gasteiger partial charge in [-0.1, -0.05) is 40.0 Å². The van der Waals surface area contributed by atoms with Crippen molar-refractivity contribution in [3.8, 4) is 0 Å². The van der Waals surface area contributed by atoms with Gasteiger partial charge in [-0.3, -0.25) is 4.99 Å². The number of aliphatic hydroxyl groups excluding tert-OH is 1. The average Bonchev–Trinajstić information content (AvgIpc) is 2.86. The van der Waals surface area contributed by atoms with Gasteiger partial charge >= 0.3 is 5.97 Å². The number of nitrogens with zero attached hydrogens (tertiary/aromatic N) is 1. The molecule has 1 N–H and O–H groups in total. The van der Waals surface area contributed by atoms with Crippen LogP contribution in [0.1, 0.15) is 65.7 Å². The first-order valence-corrected chi connectivity index (χ1v) is 9.32. The fourth-order valence-corrected chi connectivity index (χ4v) is 5.72. The van der Waals surface area contributed by atoms with Gasteiger partial charge in [0.2, 0.25) is 0 Å². The predicted octanol–water partition coefficient (Wildman–Crippen LogP) is 3.12. The van der Waals surface area contributed by atoms with Gasteiger partial charge in [0.25, 0.3) is 0 Å². The molecule has 3 fully saturated rings. The lowest BCUT2D eigenvalue weighted by Gasteiger charge is -2.40. The Balaban J connectivity index is 1.64. The number of rotatable bonds is 2. The van der Waals surface area contributed by atoms with Crippen molar-refractivity contribution in [2.75, 3.05) is 0 Å². The number of aliphatic hydroxyl groups is 1. The molecule has 4 aliphatic rings. The number of hydrogen-bond acceptors (Lipinski definition) is 4. The minimum absolute atomic E-state index is 0.00702. The maximum absolute atomic E-state index is 12.6. The number of carbonyl (C=O) groups excluding carboxylic acids is 1. The van der Waals surface area contributed by atoms with Crippen LogP contribution in [0.15, 0.2) is 4.99 Å². The van der Waals surface area contributed by atoms with Gasteiger partial charge < -0.3 is 9.84 Å². The maximum Gasteiger partial charge on any atom is 0.334 e. The Morgan fingerprint density at radius 2 is 1.87 bits per heavy atom. The second-order valence-corrected chi connectivity index (χ2v) is 8.93. The van der Waals surface area contributed by atoms with E-state index in [1.807, 2.05) is 0 Å². The molecule has 1 aliphatic heterocycles. The lowest BCUT2D eigenvalue weighted by atomic mass is 9.70. The normalized spacial score (nSPS) is 43.7. The summed E-state index contributed by atoms with van der Waals surface area (Å²) in [4.78, 5) is 17.4. The molecule has 3 saturated carbocycles. The fraction of sp³-hybridized carbons (Fsp3) is 0.895. The SMILES string of the molecule is CC1(C)[C@@H]2CC[C@@]1(C)[C@@H]1OC(=O)[C@@H]([C@H](O)C3CCCCC3)N=C21. The molecule has 3 aliphatic carbocycles. The average molecular weight is 319 g/mol. The van der Waals surface area contributed by atoms with Crippen LogP contribution in [-0.2, 0) is 9.53 Å². The third kappa shape index (κ3) is 2.00. The number of fused-ring (bicyclic) bond motifs is 5. The van der Waals surface area contributed by atoms with E-state index in [2.05, 4.69) is 20.8 Å². The van der Waals surface area contributed by atoms with Gasteiger partial charge in [-0.2, -0.15) is 0 Å². The molecule has 128 valence electrons. The van der Waals surface area contributed by atoms with Crippen LogP contribution >= 0.6 is 0 Å². The van der Waals surface area contributed by atoms with E-state index in [-0.39, 0.29) is 28.8 Å². The summed E-state index contributed by atoms with van der Waals surface area (Å²) in [6.07, 6.45) is 6.93. The van der Waals surface area contributed by atoms with E-state index in [1.165, 1.54) is 6.42 Å². The summed E-state index contributed by atoms with van der Waals surface area (Å²) in [5.41, 5.74) is 1.16. The summed E-state index contributed by atoms with van der Waals surface area (Å²) >= 11 is 0. The van der Waals surface area contributed by atoms with Gasteiger partial charge in [0, 0.05) is 11.3 Å². The smallest absolute Gasteiger partial charge is 0.334 e. The zero-order valence-electron chi connectivity index (χ0n) is 14.5. The Kier molecular flexibility index (Phi) is 3.43. The minimum Gasteiger partial charge on any atom is -0.454 e. The molecule has 1 heterocycles. The van der Waals surface area contributed by atoms with Crippen molar-refractivity contribution >= 4 is 11.7 Å². The molecule has 4 nitrogen and oxygen atoms in total. The van der Waals surface area contributed by atoms with Crippen molar-refractivity contribution in [3.05, 3.63) is 0 Å². The first-order valence-electron chi connectivity index (χ1n) is 9.32. The number of hydrogen-bond donors (Lipinski definition) is 1. The van der Waals surface area contributed by atoms with Gasteiger partial charge in [-0.05, 0) is 37.0 Å². The monoisotopic (exact) mass is 319 g/mol. The van der Waals surface area contributed by atoms with Crippen LogP contribution in [-0.4, -0.2) is 35.0 Å². The van der Waals surface area contributed by atoms with E-state index in [0.29, 0.717) is 5.92 Å². The van der Waals surface area contributed by atoms with E-state index in [0.717, 1.165) is 44.2 Å². The highest BCUT2D eigenvalue weighted by Crippen LogP contribution is 2.65. The lowest BCUT2D eigenvalue weighted by molar-refractivity contribution is -0.159. The van der Waals surface area contributed by atoms with E-state index in [1.54, 1.807) is 0 Å². The zero-order valence-corrected chi connectivity index (χ0v) is 14.5. The van der Waals surface area contributed by atoms with E-state index < -0.39 is 12.1 Å². The molecule has 0 aromatic rings. The largest absolute Gasteiger partial charge is 0.454 e. The summed E-state index contributed by atoms with van der Waals surface area (Å²) in [6.45, 7) is 6.81. The second-order valence-electron chi connectivity index (χ2n) is 8.93. The highest BCUT2D eigenvalue weighted by atomic mass is 16.6. The van der Waals surface area contributed by atoms with Crippen molar-refractivity contribution in [2.45, 2.75) is 84.0 Å². The van der Waals surface area contributed by atoms with Crippen LogP contribution in [0.25, 0.3) is 0 Å². The highest BCUT2D eigenvalue weighted by Gasteiger charge is 2.68. The van der Waals surface area contributed by atoms with Crippen LogP contribution in [0.2, 0.25) is 0 Å². The molecule has 0 unspecified atom stereocenters. The number of ether oxygens (including phenoxy) is 1. The van der Waals surface area contributed by atoms with Crippen molar-refractivity contribution < 1.29 is 14.6 Å². The molecule has 2 bridgehead atoms. The van der Waals surface area contributed by atoms with Crippen molar-refractivity contribution in [1.29, 1.82) is 0 Å². The summed E-state index contributed by atoms with van der Waals surface area (Å²) in [5.74, 6) is 0.289. The van der Waals surface area contributed by atoms with Gasteiger partial charge in [0.15, 0.2) is 6.04 Å². The van der Waals surface area contributed by atoms with Crippen LogP contribution in [0, 0.1) is 22.7 Å². The van der Waals surface area contributed by atoms with Gasteiger partial charge in [0.05, 0.1) is 11.8 Å². The molecule has 0 amide bonds. The third-order valence-electron chi connectivity index (χ3n) is 7.72. The molecule has 5 atom stereocenters. The Bertz CT molecular complexity index is 549. The van der Waals surface area contributed by atoms with Gasteiger partial charge in [-0.15, -0.1) is 0 Å². The van der Waals surface area contributed by atoms with Crippen LogP contribution in [0.4, 0.5) is 0 Å². The number of carbonyl (C=O) groups is 1. The Labute approximate surface area is 138 Å². The molecule has 0 saturated heterocycles. The quantitative estimate of drug-likeness (QED) is 0.796. The van der Waals surface area contributed by atoms with E-state index >= 15 is 0 Å². The molecular formula is C19H29NO3. The number of aliphatic imine (C=N–C) groups is 1. The molecule has 0 aromatic carbocycles. The third-order valence-corrected chi connectivity index (χ3v) is 7.72. The first kappa shape index (κ1) is 15.6. The lowest BCUT2D eigenvalue weighted by Crippen LogP contribution is -2.50. The van der Waals surface area contributed by atoms with Crippen molar-refractivity contribution in [3.63, 3.8) is 0 Å². The van der Waals surface area contributed by atoms with Crippen molar-refractivity contribution in [1.82, 2.24) is 0 Å². The van der Waals surface area contributed by atoms with Gasteiger partial charge in [0.1, 0.15) is 6.10 Å². The predicted molar refractivity (Wildman–Crippen MR) is 88.3 cm³/mol. The molecule has 0 spiro atoms. The highest BCUT2D eigenvalue weighted by molar-refractivity contribution is 6.01. The van der Waals surface area contributed by atoms with Crippen LogP contribution < -0.4 is 0 Å². The molecule has 0 aromatic heterocycles. The van der Waals surface area contributed by atoms with Crippen molar-refractivity contribution in [2.24, 2.45) is 27.7 Å². The second kappa shape index (κ2) is 5.05. The van der Waals surface area contributed by atoms with Crippen LogP contribution in [0.3, 0.4) is 0 Å². The van der Waals surface area contributed by atoms with E-state index in [9.17, 15) is 9.90 Å². The summed E-state index contributed by atoms with van der Waals surface area (Å²) < 4.78 is 5.88. The fourth-order valence-electron chi connectivity index (χ4n) is 5.72. The zero-order chi connectivity index (χ0) is 16.4. The number of esters is 1. The van der Waals surface area contributed by atoms with Crippen LogP contribution in [0.5, 0.6) is 0 Å². The molecule has 4 heteroatoms. The minimum atomic E-state index is -0.692. The Morgan fingerprint density at radius 1 is 1.17 bits per heavy atom. The van der Waals surface area contributed by atoms with Gasteiger partial charge in [-0.25, -0.2) is 4.79 Å². The Hall–Kier alpha value is -0.900.